The highest BCUT2D eigenvalue weighted by Gasteiger charge is 2.62. The molecule has 0 spiro atoms. The average Bonchev–Trinajstić information content (AvgIpc) is 3.20. The number of ketones is 1. The summed E-state index contributed by atoms with van der Waals surface area (Å²) in [5.74, 6) is -2.21. The first kappa shape index (κ1) is 21.2. The van der Waals surface area contributed by atoms with Gasteiger partial charge in [-0.25, -0.2) is 9.59 Å². The summed E-state index contributed by atoms with van der Waals surface area (Å²) in [5, 5.41) is 0. The first-order valence-corrected chi connectivity index (χ1v) is 9.67. The molecule has 158 valence electrons. The third-order valence-electron chi connectivity index (χ3n) is 5.70. The SMILES string of the molecule is C=C(C)C(=O)O[C@H]1C[C@@H](C)C(=O)CC[C@@]2(C)O[C@H]2[C@H]2OC(=O)C(COC(C)=O)=C12. The van der Waals surface area contributed by atoms with E-state index < -0.39 is 47.7 Å². The van der Waals surface area contributed by atoms with E-state index in [2.05, 4.69) is 6.58 Å². The number of epoxide rings is 1. The zero-order chi connectivity index (χ0) is 21.5. The number of rotatable bonds is 4. The van der Waals surface area contributed by atoms with Crippen LogP contribution in [0.25, 0.3) is 0 Å². The molecule has 0 N–H and O–H groups in total. The second kappa shape index (κ2) is 7.74. The normalized spacial score (nSPS) is 33.9. The summed E-state index contributed by atoms with van der Waals surface area (Å²) >= 11 is 0. The van der Waals surface area contributed by atoms with Crippen molar-refractivity contribution in [1.82, 2.24) is 0 Å². The minimum atomic E-state index is -0.897. The second-order valence-electron chi connectivity index (χ2n) is 8.17. The number of esters is 3. The maximum Gasteiger partial charge on any atom is 0.338 e. The molecule has 0 radical (unpaired) electrons. The molecule has 1 saturated heterocycles. The monoisotopic (exact) mass is 406 g/mol. The smallest absolute Gasteiger partial charge is 0.338 e. The molecule has 8 nitrogen and oxygen atoms in total. The fourth-order valence-corrected chi connectivity index (χ4v) is 3.84. The van der Waals surface area contributed by atoms with Crippen LogP contribution in [0, 0.1) is 5.92 Å². The van der Waals surface area contributed by atoms with E-state index in [0.29, 0.717) is 18.4 Å². The summed E-state index contributed by atoms with van der Waals surface area (Å²) in [5.41, 5.74) is 0.115. The largest absolute Gasteiger partial charge is 0.461 e. The highest BCUT2D eigenvalue weighted by atomic mass is 16.6. The van der Waals surface area contributed by atoms with Crippen LogP contribution in [-0.2, 0) is 38.1 Å². The van der Waals surface area contributed by atoms with Crippen molar-refractivity contribution >= 4 is 23.7 Å². The lowest BCUT2D eigenvalue weighted by Gasteiger charge is -2.27. The number of Topliss-reactive ketones (excluding diaryl/α,β-unsaturated/α-hetero) is 1. The molecule has 0 aromatic carbocycles. The summed E-state index contributed by atoms with van der Waals surface area (Å²) in [4.78, 5) is 48.7. The summed E-state index contributed by atoms with van der Waals surface area (Å²) in [6.07, 6.45) is -1.09. The number of fused-ring (bicyclic) bond motifs is 3. The van der Waals surface area contributed by atoms with Crippen LogP contribution in [0.2, 0.25) is 0 Å². The van der Waals surface area contributed by atoms with Gasteiger partial charge in [-0.05, 0) is 26.7 Å². The second-order valence-corrected chi connectivity index (χ2v) is 8.17. The van der Waals surface area contributed by atoms with Crippen molar-refractivity contribution in [3.05, 3.63) is 23.3 Å². The van der Waals surface area contributed by atoms with Crippen molar-refractivity contribution in [3.63, 3.8) is 0 Å². The Labute approximate surface area is 169 Å². The van der Waals surface area contributed by atoms with Gasteiger partial charge < -0.3 is 18.9 Å². The van der Waals surface area contributed by atoms with Gasteiger partial charge in [-0.15, -0.1) is 0 Å². The van der Waals surface area contributed by atoms with E-state index in [4.69, 9.17) is 18.9 Å². The van der Waals surface area contributed by atoms with Gasteiger partial charge in [0, 0.05) is 30.4 Å². The van der Waals surface area contributed by atoms with E-state index in [1.165, 1.54) is 13.8 Å². The van der Waals surface area contributed by atoms with Crippen LogP contribution in [-0.4, -0.2) is 54.2 Å². The third kappa shape index (κ3) is 4.27. The lowest BCUT2D eigenvalue weighted by molar-refractivity contribution is -0.145. The molecule has 3 aliphatic rings. The lowest BCUT2D eigenvalue weighted by atomic mass is 9.83. The van der Waals surface area contributed by atoms with Crippen molar-refractivity contribution in [2.75, 3.05) is 6.61 Å². The van der Waals surface area contributed by atoms with Crippen LogP contribution in [0.4, 0.5) is 0 Å². The molecule has 1 aliphatic carbocycles. The molecular formula is C21H26O8. The van der Waals surface area contributed by atoms with Gasteiger partial charge in [0.05, 0.1) is 11.2 Å². The van der Waals surface area contributed by atoms with Crippen LogP contribution < -0.4 is 0 Å². The highest BCUT2D eigenvalue weighted by Crippen LogP contribution is 2.49. The van der Waals surface area contributed by atoms with Crippen molar-refractivity contribution in [3.8, 4) is 0 Å². The molecule has 0 unspecified atom stereocenters. The summed E-state index contributed by atoms with van der Waals surface area (Å²) < 4.78 is 22.1. The van der Waals surface area contributed by atoms with E-state index in [1.54, 1.807) is 6.92 Å². The van der Waals surface area contributed by atoms with Crippen LogP contribution in [0.15, 0.2) is 23.3 Å². The summed E-state index contributed by atoms with van der Waals surface area (Å²) in [6.45, 7) is 9.67. The van der Waals surface area contributed by atoms with E-state index >= 15 is 0 Å². The Hall–Kier alpha value is -2.48. The Morgan fingerprint density at radius 2 is 1.97 bits per heavy atom. The molecule has 2 heterocycles. The Bertz CT molecular complexity index is 809. The predicted octanol–water partition coefficient (Wildman–Crippen LogP) is 1.81. The van der Waals surface area contributed by atoms with Gasteiger partial charge in [0.25, 0.3) is 0 Å². The molecule has 8 heteroatoms. The molecule has 3 rings (SSSR count). The molecule has 0 aromatic rings. The Morgan fingerprint density at radius 3 is 2.59 bits per heavy atom. The van der Waals surface area contributed by atoms with Gasteiger partial charge in [-0.1, -0.05) is 13.5 Å². The minimum absolute atomic E-state index is 0.0303. The van der Waals surface area contributed by atoms with Crippen LogP contribution in [0.1, 0.15) is 47.0 Å². The number of hydrogen-bond donors (Lipinski definition) is 0. The molecule has 2 fully saturated rings. The molecular weight excluding hydrogens is 380 g/mol. The van der Waals surface area contributed by atoms with E-state index in [1.807, 2.05) is 6.92 Å². The standard InChI is InChI=1S/C21H26O8/c1-10(2)19(24)27-15-8-11(3)14(23)6-7-21(5)18(29-21)17-16(15)13(20(25)28-17)9-26-12(4)22/h11,15,17-18H,1,6-9H2,2-5H3/t11-,15+,17+,18+,21-/m1/s1. The first-order chi connectivity index (χ1) is 13.5. The maximum atomic E-state index is 12.6. The van der Waals surface area contributed by atoms with Gasteiger partial charge in [0.1, 0.15) is 24.6 Å². The summed E-state index contributed by atoms with van der Waals surface area (Å²) in [6, 6.07) is 0. The third-order valence-corrected chi connectivity index (χ3v) is 5.70. The molecule has 0 amide bonds. The Morgan fingerprint density at radius 1 is 1.28 bits per heavy atom. The number of carbonyl (C=O) groups is 4. The fourth-order valence-electron chi connectivity index (χ4n) is 3.84. The Balaban J connectivity index is 2.05. The van der Waals surface area contributed by atoms with Gasteiger partial charge in [-0.3, -0.25) is 9.59 Å². The predicted molar refractivity (Wildman–Crippen MR) is 99.5 cm³/mol. The zero-order valence-electron chi connectivity index (χ0n) is 17.1. The summed E-state index contributed by atoms with van der Waals surface area (Å²) in [7, 11) is 0. The van der Waals surface area contributed by atoms with E-state index in [0.717, 1.165) is 0 Å². The zero-order valence-corrected chi connectivity index (χ0v) is 17.1. The maximum absolute atomic E-state index is 12.6. The van der Waals surface area contributed by atoms with E-state index in [-0.39, 0.29) is 30.0 Å². The minimum Gasteiger partial charge on any atom is -0.461 e. The average molecular weight is 406 g/mol. The van der Waals surface area contributed by atoms with E-state index in [9.17, 15) is 19.2 Å². The molecule has 29 heavy (non-hydrogen) atoms. The van der Waals surface area contributed by atoms with Crippen LogP contribution in [0.3, 0.4) is 0 Å². The fraction of sp³-hybridized carbons (Fsp3) is 0.619. The Kier molecular flexibility index (Phi) is 5.67. The topological polar surface area (TPSA) is 109 Å². The molecule has 0 aromatic heterocycles. The van der Waals surface area contributed by atoms with Gasteiger partial charge in [0.15, 0.2) is 6.10 Å². The van der Waals surface area contributed by atoms with Crippen molar-refractivity contribution in [2.24, 2.45) is 5.92 Å². The number of hydrogen-bond acceptors (Lipinski definition) is 8. The first-order valence-electron chi connectivity index (χ1n) is 9.67. The highest BCUT2D eigenvalue weighted by molar-refractivity contribution is 5.94. The molecule has 2 aliphatic heterocycles. The van der Waals surface area contributed by atoms with Crippen LogP contribution >= 0.6 is 0 Å². The molecule has 1 saturated carbocycles. The van der Waals surface area contributed by atoms with Gasteiger partial charge in [-0.2, -0.15) is 0 Å². The van der Waals surface area contributed by atoms with Gasteiger partial charge in [0.2, 0.25) is 0 Å². The quantitative estimate of drug-likeness (QED) is 0.301. The van der Waals surface area contributed by atoms with Crippen molar-refractivity contribution in [1.29, 1.82) is 0 Å². The van der Waals surface area contributed by atoms with Gasteiger partial charge >= 0.3 is 17.9 Å². The van der Waals surface area contributed by atoms with Crippen molar-refractivity contribution < 1.29 is 38.1 Å². The lowest BCUT2D eigenvalue weighted by Crippen LogP contribution is -2.36. The number of carbonyl (C=O) groups excluding carboxylic acids is 4. The molecule has 0 bridgehead atoms. The van der Waals surface area contributed by atoms with Crippen LogP contribution in [0.5, 0.6) is 0 Å². The van der Waals surface area contributed by atoms with Crippen molar-refractivity contribution in [2.45, 2.75) is 70.9 Å². The number of ether oxygens (including phenoxy) is 4. The molecule has 5 atom stereocenters.